The van der Waals surface area contributed by atoms with Crippen molar-refractivity contribution in [1.29, 1.82) is 0 Å². The van der Waals surface area contributed by atoms with Crippen molar-refractivity contribution >= 4 is 11.9 Å². The smallest absolute Gasteiger partial charge is 0.316 e. The van der Waals surface area contributed by atoms with E-state index in [0.717, 1.165) is 57.8 Å². The lowest BCUT2D eigenvalue weighted by Gasteiger charge is -2.08. The minimum atomic E-state index is -0.533. The highest BCUT2D eigenvalue weighted by Crippen LogP contribution is 2.13. The highest BCUT2D eigenvalue weighted by Gasteiger charge is 2.15. The van der Waals surface area contributed by atoms with Gasteiger partial charge in [-0.1, -0.05) is 70.9 Å². The van der Waals surface area contributed by atoms with Crippen molar-refractivity contribution in [2.24, 2.45) is 5.92 Å². The highest BCUT2D eigenvalue weighted by molar-refractivity contribution is 5.85. The van der Waals surface area contributed by atoms with E-state index in [2.05, 4.69) is 23.8 Å². The fraction of sp³-hybridized carbons (Fsp3) is 0.810. The third kappa shape index (κ3) is 16.1. The topological polar surface area (TPSA) is 63.6 Å². The SMILES string of the molecule is CCCCCCC(O)C/C=C\CCCCCCC(C)C(=O)OC(C)=O. The number of hydrogen-bond acceptors (Lipinski definition) is 4. The summed E-state index contributed by atoms with van der Waals surface area (Å²) < 4.78 is 4.58. The van der Waals surface area contributed by atoms with Gasteiger partial charge in [-0.25, -0.2) is 0 Å². The van der Waals surface area contributed by atoms with E-state index >= 15 is 0 Å². The molecule has 0 saturated heterocycles. The molecule has 0 rings (SSSR count). The lowest BCUT2D eigenvalue weighted by atomic mass is 10.0. The Kier molecular flexibility index (Phi) is 15.6. The number of carbonyl (C=O) groups is 2. The molecule has 1 N–H and O–H groups in total. The number of rotatable bonds is 15. The number of hydrogen-bond donors (Lipinski definition) is 1. The third-order valence-corrected chi connectivity index (χ3v) is 4.37. The van der Waals surface area contributed by atoms with Gasteiger partial charge in [-0.2, -0.15) is 0 Å². The summed E-state index contributed by atoms with van der Waals surface area (Å²) in [4.78, 5) is 22.2. The van der Waals surface area contributed by atoms with Gasteiger partial charge >= 0.3 is 11.9 Å². The molecule has 0 aromatic heterocycles. The van der Waals surface area contributed by atoms with E-state index in [1.807, 2.05) is 6.92 Å². The molecule has 0 radical (unpaired) electrons. The summed E-state index contributed by atoms with van der Waals surface area (Å²) in [5.41, 5.74) is 0. The Hall–Kier alpha value is -1.16. The lowest BCUT2D eigenvalue weighted by molar-refractivity contribution is -0.160. The largest absolute Gasteiger partial charge is 0.393 e. The van der Waals surface area contributed by atoms with E-state index in [1.165, 1.54) is 26.2 Å². The first-order valence-corrected chi connectivity index (χ1v) is 10.0. The van der Waals surface area contributed by atoms with Crippen LogP contribution in [0.15, 0.2) is 12.2 Å². The first-order chi connectivity index (χ1) is 12.0. The molecule has 0 aromatic rings. The summed E-state index contributed by atoms with van der Waals surface area (Å²) >= 11 is 0. The molecular formula is C21H38O4. The summed E-state index contributed by atoms with van der Waals surface area (Å²) in [7, 11) is 0. The summed E-state index contributed by atoms with van der Waals surface area (Å²) in [6.45, 7) is 5.26. The van der Waals surface area contributed by atoms with Crippen LogP contribution in [0.4, 0.5) is 0 Å². The van der Waals surface area contributed by atoms with Crippen molar-refractivity contribution < 1.29 is 19.4 Å². The van der Waals surface area contributed by atoms with E-state index in [-0.39, 0.29) is 12.0 Å². The maximum Gasteiger partial charge on any atom is 0.316 e. The maximum atomic E-state index is 11.5. The molecule has 4 nitrogen and oxygen atoms in total. The number of carbonyl (C=O) groups excluding carboxylic acids is 2. The van der Waals surface area contributed by atoms with Crippen molar-refractivity contribution in [3.8, 4) is 0 Å². The van der Waals surface area contributed by atoms with Gasteiger partial charge in [-0.05, 0) is 32.1 Å². The Bertz CT molecular complexity index is 376. The summed E-state index contributed by atoms with van der Waals surface area (Å²) in [5, 5.41) is 9.86. The van der Waals surface area contributed by atoms with E-state index in [9.17, 15) is 14.7 Å². The standard InChI is InChI=1S/C21H38O4/c1-4-5-6-13-16-20(23)17-14-11-9-7-8-10-12-15-18(2)21(24)25-19(3)22/h11,14,18,20,23H,4-10,12-13,15-17H2,1-3H3/b14-11-. The summed E-state index contributed by atoms with van der Waals surface area (Å²) in [6, 6.07) is 0. The number of aliphatic hydroxyl groups is 1. The minimum Gasteiger partial charge on any atom is -0.393 e. The average Bonchev–Trinajstić information content (AvgIpc) is 2.56. The average molecular weight is 355 g/mol. The van der Waals surface area contributed by atoms with Crippen molar-refractivity contribution in [3.05, 3.63) is 12.2 Å². The van der Waals surface area contributed by atoms with Crippen LogP contribution in [0.25, 0.3) is 0 Å². The zero-order valence-electron chi connectivity index (χ0n) is 16.5. The highest BCUT2D eigenvalue weighted by atomic mass is 16.6. The fourth-order valence-electron chi connectivity index (χ4n) is 2.72. The lowest BCUT2D eigenvalue weighted by Crippen LogP contribution is -2.17. The second-order valence-corrected chi connectivity index (χ2v) is 7.02. The molecule has 0 heterocycles. The van der Waals surface area contributed by atoms with Gasteiger partial charge in [0.25, 0.3) is 0 Å². The van der Waals surface area contributed by atoms with Crippen LogP contribution in [-0.4, -0.2) is 23.1 Å². The van der Waals surface area contributed by atoms with Crippen molar-refractivity contribution in [2.45, 2.75) is 104 Å². The van der Waals surface area contributed by atoms with Crippen molar-refractivity contribution in [2.75, 3.05) is 0 Å². The molecule has 146 valence electrons. The molecule has 0 bridgehead atoms. The molecular weight excluding hydrogens is 316 g/mol. The molecule has 0 fully saturated rings. The Morgan fingerprint density at radius 1 is 0.960 bits per heavy atom. The third-order valence-electron chi connectivity index (χ3n) is 4.37. The van der Waals surface area contributed by atoms with Crippen LogP contribution in [0, 0.1) is 5.92 Å². The van der Waals surface area contributed by atoms with Crippen LogP contribution >= 0.6 is 0 Å². The molecule has 25 heavy (non-hydrogen) atoms. The van der Waals surface area contributed by atoms with Gasteiger partial charge in [-0.3, -0.25) is 9.59 Å². The summed E-state index contributed by atoms with van der Waals surface area (Å²) in [6.07, 6.45) is 16.8. The number of esters is 2. The predicted molar refractivity (Wildman–Crippen MR) is 102 cm³/mol. The van der Waals surface area contributed by atoms with Gasteiger partial charge in [0, 0.05) is 6.92 Å². The molecule has 0 aliphatic rings. The number of allylic oxidation sites excluding steroid dienone is 1. The second kappa shape index (κ2) is 16.3. The first kappa shape index (κ1) is 23.8. The quantitative estimate of drug-likeness (QED) is 0.187. The van der Waals surface area contributed by atoms with Gasteiger partial charge in [-0.15, -0.1) is 0 Å². The molecule has 0 amide bonds. The number of ether oxygens (including phenoxy) is 1. The monoisotopic (exact) mass is 354 g/mol. The molecule has 0 saturated carbocycles. The van der Waals surface area contributed by atoms with Gasteiger partial charge in [0.2, 0.25) is 0 Å². The van der Waals surface area contributed by atoms with Gasteiger partial charge < -0.3 is 9.84 Å². The minimum absolute atomic E-state index is 0.190. The Morgan fingerprint density at radius 2 is 1.60 bits per heavy atom. The predicted octanol–water partition coefficient (Wildman–Crippen LogP) is 5.33. The second-order valence-electron chi connectivity index (χ2n) is 7.02. The van der Waals surface area contributed by atoms with Crippen LogP contribution in [0.5, 0.6) is 0 Å². The van der Waals surface area contributed by atoms with E-state index in [0.29, 0.717) is 0 Å². The van der Waals surface area contributed by atoms with E-state index in [1.54, 1.807) is 0 Å². The zero-order valence-corrected chi connectivity index (χ0v) is 16.5. The Labute approximate surface area is 154 Å². The summed E-state index contributed by atoms with van der Waals surface area (Å²) in [5.74, 6) is -1.15. The van der Waals surface area contributed by atoms with Gasteiger partial charge in [0.15, 0.2) is 0 Å². The van der Waals surface area contributed by atoms with E-state index < -0.39 is 11.9 Å². The van der Waals surface area contributed by atoms with Gasteiger partial charge in [0.05, 0.1) is 12.0 Å². The molecule has 0 aliphatic carbocycles. The first-order valence-electron chi connectivity index (χ1n) is 10.0. The molecule has 2 unspecified atom stereocenters. The van der Waals surface area contributed by atoms with Crippen LogP contribution in [0.1, 0.15) is 97.8 Å². The Balaban J connectivity index is 3.48. The molecule has 0 aromatic carbocycles. The maximum absolute atomic E-state index is 11.5. The van der Waals surface area contributed by atoms with Crippen molar-refractivity contribution in [3.63, 3.8) is 0 Å². The fourth-order valence-corrected chi connectivity index (χ4v) is 2.72. The van der Waals surface area contributed by atoms with Crippen LogP contribution < -0.4 is 0 Å². The van der Waals surface area contributed by atoms with E-state index in [4.69, 9.17) is 0 Å². The Morgan fingerprint density at radius 3 is 2.28 bits per heavy atom. The molecule has 0 spiro atoms. The number of aliphatic hydroxyl groups excluding tert-OH is 1. The molecule has 2 atom stereocenters. The normalized spacial score (nSPS) is 13.8. The number of unbranched alkanes of at least 4 members (excludes halogenated alkanes) is 7. The van der Waals surface area contributed by atoms with Crippen molar-refractivity contribution in [1.82, 2.24) is 0 Å². The molecule has 4 heteroatoms. The van der Waals surface area contributed by atoms with Crippen LogP contribution in [0.3, 0.4) is 0 Å². The van der Waals surface area contributed by atoms with Gasteiger partial charge in [0.1, 0.15) is 0 Å². The van der Waals surface area contributed by atoms with Crippen LogP contribution in [-0.2, 0) is 14.3 Å². The van der Waals surface area contributed by atoms with Crippen LogP contribution in [0.2, 0.25) is 0 Å². The zero-order chi connectivity index (χ0) is 18.9. The molecule has 0 aliphatic heterocycles.